The summed E-state index contributed by atoms with van der Waals surface area (Å²) in [5.74, 6) is -0.680. The first kappa shape index (κ1) is 14.0. The van der Waals surface area contributed by atoms with E-state index in [4.69, 9.17) is 0 Å². The van der Waals surface area contributed by atoms with E-state index >= 15 is 0 Å². The number of aryl methyl sites for hydroxylation is 1. The number of sulfonamides is 1. The van der Waals surface area contributed by atoms with Gasteiger partial charge in [0.1, 0.15) is 5.82 Å². The van der Waals surface area contributed by atoms with Crippen LogP contribution in [0.3, 0.4) is 0 Å². The first-order valence-electron chi connectivity index (χ1n) is 5.94. The molecule has 1 aromatic rings. The summed E-state index contributed by atoms with van der Waals surface area (Å²) in [6.45, 7) is 1.86. The summed E-state index contributed by atoms with van der Waals surface area (Å²) in [6.07, 6.45) is 0.731. The maximum atomic E-state index is 13.2. The van der Waals surface area contributed by atoms with Gasteiger partial charge in [0.25, 0.3) is 0 Å². The molecule has 1 saturated heterocycles. The van der Waals surface area contributed by atoms with Crippen molar-refractivity contribution in [3.05, 3.63) is 29.6 Å². The van der Waals surface area contributed by atoms with Crippen molar-refractivity contribution in [3.8, 4) is 0 Å². The Morgan fingerprint density at radius 3 is 2.79 bits per heavy atom. The molecule has 1 amide bonds. The van der Waals surface area contributed by atoms with E-state index < -0.39 is 15.8 Å². The van der Waals surface area contributed by atoms with Crippen LogP contribution < -0.4 is 10.0 Å². The summed E-state index contributed by atoms with van der Waals surface area (Å²) < 4.78 is 40.0. The summed E-state index contributed by atoms with van der Waals surface area (Å²) >= 11 is 0. The topological polar surface area (TPSA) is 75.3 Å². The molecule has 1 atom stereocenters. The van der Waals surface area contributed by atoms with Gasteiger partial charge in [0, 0.05) is 19.0 Å². The average molecular weight is 286 g/mol. The number of amides is 1. The first-order chi connectivity index (χ1) is 8.88. The van der Waals surface area contributed by atoms with Gasteiger partial charge in [-0.2, -0.15) is 0 Å². The maximum Gasteiger partial charge on any atom is 0.241 e. The van der Waals surface area contributed by atoms with Crippen LogP contribution >= 0.6 is 0 Å². The zero-order chi connectivity index (χ0) is 14.0. The van der Waals surface area contributed by atoms with Gasteiger partial charge in [-0.25, -0.2) is 17.5 Å². The molecule has 0 radical (unpaired) electrons. The molecule has 0 aromatic heterocycles. The second-order valence-corrected chi connectivity index (χ2v) is 6.25. The molecule has 7 heteroatoms. The van der Waals surface area contributed by atoms with E-state index in [1.165, 1.54) is 12.1 Å². The number of nitrogens with one attached hydrogen (secondary N) is 2. The molecule has 0 aliphatic carbocycles. The highest BCUT2D eigenvalue weighted by Crippen LogP contribution is 2.17. The second-order valence-electron chi connectivity index (χ2n) is 4.57. The van der Waals surface area contributed by atoms with Gasteiger partial charge in [-0.3, -0.25) is 4.79 Å². The minimum Gasteiger partial charge on any atom is -0.355 e. The van der Waals surface area contributed by atoms with Crippen molar-refractivity contribution in [2.75, 3.05) is 6.54 Å². The Bertz CT molecular complexity index is 591. The number of hydrogen-bond acceptors (Lipinski definition) is 3. The van der Waals surface area contributed by atoms with Gasteiger partial charge in [0.05, 0.1) is 4.90 Å². The van der Waals surface area contributed by atoms with Crippen LogP contribution in [0.15, 0.2) is 23.1 Å². The number of carbonyl (C=O) groups is 1. The van der Waals surface area contributed by atoms with Gasteiger partial charge in [-0.1, -0.05) is 6.07 Å². The predicted octanol–water partition coefficient (Wildman–Crippen LogP) is 0.691. The van der Waals surface area contributed by atoms with E-state index in [9.17, 15) is 17.6 Å². The van der Waals surface area contributed by atoms with Gasteiger partial charge in [0.15, 0.2) is 0 Å². The molecule has 104 valence electrons. The fraction of sp³-hybridized carbons (Fsp3) is 0.417. The van der Waals surface area contributed by atoms with Crippen LogP contribution in [0.25, 0.3) is 0 Å². The SMILES string of the molecule is Cc1ccc(F)cc1S(=O)(=O)NC1CCC(=O)NC1. The molecule has 0 bridgehead atoms. The molecule has 2 rings (SSSR count). The monoisotopic (exact) mass is 286 g/mol. The standard InChI is InChI=1S/C12H15FN2O3S/c1-8-2-3-9(13)6-11(8)19(17,18)15-10-4-5-12(16)14-7-10/h2-3,6,10,15H,4-5,7H2,1H3,(H,14,16). The third kappa shape index (κ3) is 3.30. The molecular weight excluding hydrogens is 271 g/mol. The molecular formula is C12H15FN2O3S. The summed E-state index contributed by atoms with van der Waals surface area (Å²) in [7, 11) is -3.77. The van der Waals surface area contributed by atoms with Crippen LogP contribution in [0.1, 0.15) is 18.4 Å². The van der Waals surface area contributed by atoms with Crippen LogP contribution in [-0.2, 0) is 14.8 Å². The van der Waals surface area contributed by atoms with Crippen molar-refractivity contribution in [1.29, 1.82) is 0 Å². The molecule has 0 spiro atoms. The van der Waals surface area contributed by atoms with Crippen molar-refractivity contribution >= 4 is 15.9 Å². The molecule has 0 saturated carbocycles. The molecule has 1 unspecified atom stereocenters. The Kier molecular flexibility index (Phi) is 3.86. The molecule has 19 heavy (non-hydrogen) atoms. The van der Waals surface area contributed by atoms with E-state index in [-0.39, 0.29) is 29.8 Å². The van der Waals surface area contributed by atoms with Crippen molar-refractivity contribution < 1.29 is 17.6 Å². The largest absolute Gasteiger partial charge is 0.355 e. The first-order valence-corrected chi connectivity index (χ1v) is 7.42. The quantitative estimate of drug-likeness (QED) is 0.858. The van der Waals surface area contributed by atoms with Crippen LogP contribution in [0.2, 0.25) is 0 Å². The molecule has 1 aromatic carbocycles. The van der Waals surface area contributed by atoms with E-state index in [2.05, 4.69) is 10.0 Å². The zero-order valence-electron chi connectivity index (χ0n) is 10.4. The van der Waals surface area contributed by atoms with Crippen molar-refractivity contribution in [2.45, 2.75) is 30.7 Å². The summed E-state index contributed by atoms with van der Waals surface area (Å²) in [5, 5.41) is 2.59. The predicted molar refractivity (Wildman–Crippen MR) is 67.5 cm³/mol. The Morgan fingerprint density at radius 2 is 2.16 bits per heavy atom. The Morgan fingerprint density at radius 1 is 1.42 bits per heavy atom. The Labute approximate surface area is 111 Å². The van der Waals surface area contributed by atoms with Gasteiger partial charge in [0.2, 0.25) is 15.9 Å². The normalized spacial score (nSPS) is 20.1. The van der Waals surface area contributed by atoms with Crippen LogP contribution in [0.4, 0.5) is 4.39 Å². The lowest BCUT2D eigenvalue weighted by molar-refractivity contribution is -0.122. The number of hydrogen-bond donors (Lipinski definition) is 2. The van der Waals surface area contributed by atoms with Crippen molar-refractivity contribution in [2.24, 2.45) is 0 Å². The van der Waals surface area contributed by atoms with Gasteiger partial charge in [-0.05, 0) is 31.0 Å². The van der Waals surface area contributed by atoms with Gasteiger partial charge >= 0.3 is 0 Å². The molecule has 1 fully saturated rings. The number of carbonyl (C=O) groups excluding carboxylic acids is 1. The van der Waals surface area contributed by atoms with Crippen LogP contribution in [0, 0.1) is 12.7 Å². The average Bonchev–Trinajstić information content (AvgIpc) is 2.35. The van der Waals surface area contributed by atoms with E-state index in [0.29, 0.717) is 12.0 Å². The minimum atomic E-state index is -3.77. The highest BCUT2D eigenvalue weighted by atomic mass is 32.2. The molecule has 1 aliphatic heterocycles. The smallest absolute Gasteiger partial charge is 0.241 e. The molecule has 1 heterocycles. The fourth-order valence-electron chi connectivity index (χ4n) is 1.98. The Hall–Kier alpha value is -1.47. The van der Waals surface area contributed by atoms with E-state index in [1.54, 1.807) is 6.92 Å². The molecule has 2 N–H and O–H groups in total. The van der Waals surface area contributed by atoms with Gasteiger partial charge < -0.3 is 5.32 Å². The lowest BCUT2D eigenvalue weighted by Gasteiger charge is -2.23. The third-order valence-corrected chi connectivity index (χ3v) is 4.69. The van der Waals surface area contributed by atoms with Crippen molar-refractivity contribution in [1.82, 2.24) is 10.0 Å². The molecule has 1 aliphatic rings. The summed E-state index contributed by atoms with van der Waals surface area (Å²) in [5.41, 5.74) is 0.480. The third-order valence-electron chi connectivity index (χ3n) is 3.03. The highest BCUT2D eigenvalue weighted by molar-refractivity contribution is 7.89. The summed E-state index contributed by atoms with van der Waals surface area (Å²) in [4.78, 5) is 10.9. The number of benzene rings is 1. The maximum absolute atomic E-state index is 13.2. The van der Waals surface area contributed by atoms with E-state index in [0.717, 1.165) is 6.07 Å². The summed E-state index contributed by atoms with van der Waals surface area (Å²) in [6, 6.07) is 3.28. The van der Waals surface area contributed by atoms with E-state index in [1.807, 2.05) is 0 Å². The zero-order valence-corrected chi connectivity index (χ0v) is 11.3. The van der Waals surface area contributed by atoms with Crippen LogP contribution in [0.5, 0.6) is 0 Å². The number of halogens is 1. The highest BCUT2D eigenvalue weighted by Gasteiger charge is 2.25. The van der Waals surface area contributed by atoms with Crippen molar-refractivity contribution in [3.63, 3.8) is 0 Å². The second kappa shape index (κ2) is 5.26. The lowest BCUT2D eigenvalue weighted by atomic mass is 10.1. The minimum absolute atomic E-state index is 0.0654. The van der Waals surface area contributed by atoms with Gasteiger partial charge in [-0.15, -0.1) is 0 Å². The molecule has 5 nitrogen and oxygen atoms in total. The number of piperidine rings is 1. The van der Waals surface area contributed by atoms with Crippen LogP contribution in [-0.4, -0.2) is 26.9 Å². The lowest BCUT2D eigenvalue weighted by Crippen LogP contribution is -2.47. The fourth-order valence-corrected chi connectivity index (χ4v) is 3.51. The number of rotatable bonds is 3. The Balaban J connectivity index is 2.18.